The van der Waals surface area contributed by atoms with Gasteiger partial charge < -0.3 is 15.1 Å². The number of carbonyl (C=O) groups excluding carboxylic acids is 1. The molecule has 0 bridgehead atoms. The largest absolute Gasteiger partial charge is 0.368 e. The van der Waals surface area contributed by atoms with E-state index in [0.29, 0.717) is 23.8 Å². The zero-order valence-electron chi connectivity index (χ0n) is 15.3. The van der Waals surface area contributed by atoms with E-state index in [2.05, 4.69) is 33.9 Å². The zero-order chi connectivity index (χ0) is 18.5. The van der Waals surface area contributed by atoms with Crippen LogP contribution in [0.1, 0.15) is 24.3 Å². The molecular weight excluding hydrogens is 331 g/mol. The lowest BCUT2D eigenvalue weighted by atomic mass is 10.2. The number of amides is 1. The summed E-state index contributed by atoms with van der Waals surface area (Å²) in [5.74, 6) is 0.0631. The van der Waals surface area contributed by atoms with Crippen LogP contribution < -0.4 is 15.1 Å². The first-order chi connectivity index (χ1) is 12.5. The molecule has 1 aliphatic heterocycles. The van der Waals surface area contributed by atoms with Crippen molar-refractivity contribution in [1.29, 1.82) is 0 Å². The lowest BCUT2D eigenvalue weighted by molar-refractivity contribution is 0.0944. The number of aromatic nitrogens is 1. The Labute approximate surface area is 153 Å². The number of hydrogen-bond acceptors (Lipinski definition) is 4. The van der Waals surface area contributed by atoms with Crippen LogP contribution in [-0.4, -0.2) is 43.6 Å². The van der Waals surface area contributed by atoms with Gasteiger partial charge in [-0.1, -0.05) is 26.0 Å². The molecule has 0 unspecified atom stereocenters. The quantitative estimate of drug-likeness (QED) is 0.895. The second-order valence-electron chi connectivity index (χ2n) is 6.93. The van der Waals surface area contributed by atoms with Crippen LogP contribution in [0, 0.1) is 11.7 Å². The van der Waals surface area contributed by atoms with E-state index in [-0.39, 0.29) is 11.7 Å². The Hall–Kier alpha value is -2.63. The van der Waals surface area contributed by atoms with E-state index in [1.165, 1.54) is 6.07 Å². The van der Waals surface area contributed by atoms with Crippen molar-refractivity contribution in [2.75, 3.05) is 42.5 Å². The van der Waals surface area contributed by atoms with Gasteiger partial charge in [0.15, 0.2) is 0 Å². The highest BCUT2D eigenvalue weighted by molar-refractivity contribution is 5.93. The lowest BCUT2D eigenvalue weighted by Crippen LogP contribution is -2.46. The maximum Gasteiger partial charge on any atom is 0.269 e. The maximum atomic E-state index is 14.0. The highest BCUT2D eigenvalue weighted by Gasteiger charge is 2.20. The first-order valence-electron chi connectivity index (χ1n) is 9.03. The SMILES string of the molecule is CC(C)CNC(=O)c1cc(N2CCN(c3ccccc3F)CC2)ccn1. The van der Waals surface area contributed by atoms with Crippen LogP contribution in [0.25, 0.3) is 0 Å². The molecule has 3 rings (SSSR count). The van der Waals surface area contributed by atoms with E-state index in [4.69, 9.17) is 0 Å². The number of hydrogen-bond donors (Lipinski definition) is 1. The fraction of sp³-hybridized carbons (Fsp3) is 0.400. The number of benzene rings is 1. The number of piperazine rings is 1. The number of rotatable bonds is 5. The average Bonchev–Trinajstić information content (AvgIpc) is 2.67. The molecule has 1 N–H and O–H groups in total. The Morgan fingerprint density at radius 3 is 2.54 bits per heavy atom. The summed E-state index contributed by atoms with van der Waals surface area (Å²) in [6.07, 6.45) is 1.67. The number of nitrogens with zero attached hydrogens (tertiary/aromatic N) is 3. The third-order valence-electron chi connectivity index (χ3n) is 4.48. The van der Waals surface area contributed by atoms with Gasteiger partial charge in [-0.15, -0.1) is 0 Å². The Morgan fingerprint density at radius 2 is 1.85 bits per heavy atom. The summed E-state index contributed by atoms with van der Waals surface area (Å²) < 4.78 is 14.0. The molecule has 2 aromatic rings. The highest BCUT2D eigenvalue weighted by atomic mass is 19.1. The van der Waals surface area contributed by atoms with Crippen LogP contribution in [-0.2, 0) is 0 Å². The van der Waals surface area contributed by atoms with Crippen molar-refractivity contribution in [1.82, 2.24) is 10.3 Å². The summed E-state index contributed by atoms with van der Waals surface area (Å²) in [4.78, 5) is 20.7. The normalized spacial score (nSPS) is 14.6. The summed E-state index contributed by atoms with van der Waals surface area (Å²) in [5, 5.41) is 2.89. The second-order valence-corrected chi connectivity index (χ2v) is 6.93. The van der Waals surface area contributed by atoms with Gasteiger partial charge in [0.1, 0.15) is 11.5 Å². The Morgan fingerprint density at radius 1 is 1.15 bits per heavy atom. The molecule has 26 heavy (non-hydrogen) atoms. The number of nitrogens with one attached hydrogen (secondary N) is 1. The molecule has 0 atom stereocenters. The molecule has 6 heteroatoms. The first-order valence-corrected chi connectivity index (χ1v) is 9.03. The number of carbonyl (C=O) groups is 1. The molecule has 0 aliphatic carbocycles. The molecule has 0 saturated carbocycles. The molecule has 1 aromatic carbocycles. The molecule has 1 saturated heterocycles. The first kappa shape index (κ1) is 18.2. The number of halogens is 1. The summed E-state index contributed by atoms with van der Waals surface area (Å²) in [7, 11) is 0. The smallest absolute Gasteiger partial charge is 0.269 e. The molecule has 1 aliphatic rings. The van der Waals surface area contributed by atoms with E-state index < -0.39 is 0 Å². The molecule has 0 radical (unpaired) electrons. The molecule has 5 nitrogen and oxygen atoms in total. The minimum Gasteiger partial charge on any atom is -0.368 e. The van der Waals surface area contributed by atoms with Gasteiger partial charge in [0.05, 0.1) is 5.69 Å². The number of anilines is 2. The van der Waals surface area contributed by atoms with E-state index in [1.54, 1.807) is 12.3 Å². The van der Waals surface area contributed by atoms with Crippen molar-refractivity contribution in [3.05, 3.63) is 54.1 Å². The van der Waals surface area contributed by atoms with Crippen molar-refractivity contribution in [3.63, 3.8) is 0 Å². The predicted octanol–water partition coefficient (Wildman–Crippen LogP) is 2.93. The minimum atomic E-state index is -0.186. The van der Waals surface area contributed by atoms with Gasteiger partial charge in [0.2, 0.25) is 0 Å². The molecule has 2 heterocycles. The van der Waals surface area contributed by atoms with Crippen molar-refractivity contribution >= 4 is 17.3 Å². The minimum absolute atomic E-state index is 0.148. The van der Waals surface area contributed by atoms with Crippen LogP contribution >= 0.6 is 0 Å². The van der Waals surface area contributed by atoms with E-state index >= 15 is 0 Å². The third-order valence-corrected chi connectivity index (χ3v) is 4.48. The summed E-state index contributed by atoms with van der Waals surface area (Å²) >= 11 is 0. The molecule has 138 valence electrons. The molecule has 0 spiro atoms. The topological polar surface area (TPSA) is 48.5 Å². The van der Waals surface area contributed by atoms with Crippen LogP contribution in [0.4, 0.5) is 15.8 Å². The van der Waals surface area contributed by atoms with E-state index in [9.17, 15) is 9.18 Å². The van der Waals surface area contributed by atoms with Gasteiger partial charge in [-0.05, 0) is 30.2 Å². The summed E-state index contributed by atoms with van der Waals surface area (Å²) in [5.41, 5.74) is 2.05. The van der Waals surface area contributed by atoms with Crippen LogP contribution in [0.15, 0.2) is 42.6 Å². The standard InChI is InChI=1S/C20H25FN4O/c1-15(2)14-23-20(26)18-13-16(7-8-22-18)24-9-11-25(12-10-24)19-6-4-3-5-17(19)21/h3-8,13,15H,9-12,14H2,1-2H3,(H,23,26). The number of pyridine rings is 1. The molecule has 1 aromatic heterocycles. The van der Waals surface area contributed by atoms with Crippen molar-refractivity contribution in [3.8, 4) is 0 Å². The lowest BCUT2D eigenvalue weighted by Gasteiger charge is -2.37. The van der Waals surface area contributed by atoms with Crippen molar-refractivity contribution in [2.24, 2.45) is 5.92 Å². The van der Waals surface area contributed by atoms with Gasteiger partial charge in [0, 0.05) is 44.6 Å². The maximum absolute atomic E-state index is 14.0. The van der Waals surface area contributed by atoms with Gasteiger partial charge in [0.25, 0.3) is 5.91 Å². The van der Waals surface area contributed by atoms with E-state index in [0.717, 1.165) is 31.9 Å². The Bertz CT molecular complexity index is 757. The molecular formula is C20H25FN4O. The predicted molar refractivity (Wildman–Crippen MR) is 102 cm³/mol. The van der Waals surface area contributed by atoms with Crippen LogP contribution in [0.3, 0.4) is 0 Å². The fourth-order valence-corrected chi connectivity index (χ4v) is 3.04. The summed E-state index contributed by atoms with van der Waals surface area (Å²) in [6.45, 7) is 7.75. The van der Waals surface area contributed by atoms with Crippen LogP contribution in [0.5, 0.6) is 0 Å². The third kappa shape index (κ3) is 4.31. The fourth-order valence-electron chi connectivity index (χ4n) is 3.04. The van der Waals surface area contributed by atoms with Crippen molar-refractivity contribution in [2.45, 2.75) is 13.8 Å². The molecule has 1 fully saturated rings. The van der Waals surface area contributed by atoms with E-state index in [1.807, 2.05) is 24.3 Å². The zero-order valence-corrected chi connectivity index (χ0v) is 15.3. The van der Waals surface area contributed by atoms with Gasteiger partial charge in [-0.2, -0.15) is 0 Å². The van der Waals surface area contributed by atoms with Gasteiger partial charge >= 0.3 is 0 Å². The van der Waals surface area contributed by atoms with Crippen LogP contribution in [0.2, 0.25) is 0 Å². The average molecular weight is 356 g/mol. The second kappa shape index (κ2) is 8.17. The summed E-state index contributed by atoms with van der Waals surface area (Å²) in [6, 6.07) is 10.6. The molecule has 1 amide bonds. The highest BCUT2D eigenvalue weighted by Crippen LogP contribution is 2.23. The number of para-hydroxylation sites is 1. The van der Waals surface area contributed by atoms with Gasteiger partial charge in [-0.3, -0.25) is 9.78 Å². The Balaban J connectivity index is 1.63. The van der Waals surface area contributed by atoms with Crippen molar-refractivity contribution < 1.29 is 9.18 Å². The monoisotopic (exact) mass is 356 g/mol. The Kier molecular flexibility index (Phi) is 5.71. The van der Waals surface area contributed by atoms with Gasteiger partial charge in [-0.25, -0.2) is 4.39 Å².